The zero-order chi connectivity index (χ0) is 16.5. The first kappa shape index (κ1) is 15.7. The lowest BCUT2D eigenvalue weighted by molar-refractivity contribution is -0.00775. The molecule has 0 spiro atoms. The fourth-order valence-corrected chi connectivity index (χ4v) is 4.39. The maximum atomic E-state index is 11.4. The second-order valence-electron chi connectivity index (χ2n) is 6.66. The van der Waals surface area contributed by atoms with Gasteiger partial charge in [-0.25, -0.2) is 0 Å². The van der Waals surface area contributed by atoms with Crippen molar-refractivity contribution in [2.24, 2.45) is 5.92 Å². The number of Topliss-reactive ketones (excluding diaryl/α,β-unsaturated/α-hetero) is 1. The quantitative estimate of drug-likeness (QED) is 0.828. The third kappa shape index (κ3) is 3.32. The zero-order valence-electron chi connectivity index (χ0n) is 13.8. The summed E-state index contributed by atoms with van der Waals surface area (Å²) < 4.78 is 6.22. The predicted octanol–water partition coefficient (Wildman–Crippen LogP) is 4.17. The number of fused-ring (bicyclic) bond motifs is 3. The molecule has 24 heavy (non-hydrogen) atoms. The largest absolute Gasteiger partial charge is 0.489 e. The van der Waals surface area contributed by atoms with E-state index in [4.69, 9.17) is 4.74 Å². The molecule has 0 saturated carbocycles. The molecule has 0 aliphatic carbocycles. The molecule has 3 aliphatic rings. The van der Waals surface area contributed by atoms with Crippen LogP contribution in [0.5, 0.6) is 5.75 Å². The number of nitrogens with one attached hydrogen (secondary N) is 1. The van der Waals surface area contributed by atoms with Crippen molar-refractivity contribution in [1.29, 1.82) is 0 Å². The van der Waals surface area contributed by atoms with Gasteiger partial charge in [0.1, 0.15) is 11.9 Å². The second-order valence-corrected chi connectivity index (χ2v) is 7.75. The van der Waals surface area contributed by atoms with E-state index in [2.05, 4.69) is 10.2 Å². The van der Waals surface area contributed by atoms with Gasteiger partial charge in [-0.15, -0.1) is 11.3 Å². The lowest BCUT2D eigenvalue weighted by Crippen LogP contribution is -2.52. The molecular weight excluding hydrogens is 320 g/mol. The van der Waals surface area contributed by atoms with E-state index in [0.29, 0.717) is 12.0 Å². The highest BCUT2D eigenvalue weighted by molar-refractivity contribution is 7.18. The van der Waals surface area contributed by atoms with E-state index in [-0.39, 0.29) is 5.78 Å². The van der Waals surface area contributed by atoms with E-state index in [1.54, 1.807) is 6.92 Å². The number of hydrogen-bond acceptors (Lipinski definition) is 5. The lowest BCUT2D eigenvalue weighted by atomic mass is 9.86. The normalized spacial score (nSPS) is 25.5. The highest BCUT2D eigenvalue weighted by atomic mass is 32.1. The summed E-state index contributed by atoms with van der Waals surface area (Å²) in [5, 5.41) is 4.32. The number of benzene rings is 1. The summed E-state index contributed by atoms with van der Waals surface area (Å²) in [6, 6.07) is 11.9. The summed E-state index contributed by atoms with van der Waals surface area (Å²) in [4.78, 5) is 14.6. The number of anilines is 2. The number of hydrogen-bond donors (Lipinski definition) is 1. The van der Waals surface area contributed by atoms with Crippen molar-refractivity contribution in [1.82, 2.24) is 4.90 Å². The molecule has 2 aromatic rings. The molecular formula is C19H22N2O2S. The topological polar surface area (TPSA) is 41.6 Å². The lowest BCUT2D eigenvalue weighted by Gasteiger charge is -2.44. The van der Waals surface area contributed by atoms with Gasteiger partial charge in [-0.05, 0) is 75.2 Å². The van der Waals surface area contributed by atoms with Gasteiger partial charge >= 0.3 is 0 Å². The van der Waals surface area contributed by atoms with Gasteiger partial charge < -0.3 is 10.1 Å². The van der Waals surface area contributed by atoms with Crippen LogP contribution >= 0.6 is 11.3 Å². The third-order valence-corrected chi connectivity index (χ3v) is 6.06. The Balaban J connectivity index is 1.38. The van der Waals surface area contributed by atoms with Gasteiger partial charge in [0.25, 0.3) is 0 Å². The molecule has 1 atom stereocenters. The summed E-state index contributed by atoms with van der Waals surface area (Å²) in [6.07, 6.45) is 2.87. The molecule has 1 aromatic heterocycles. The molecule has 1 aromatic carbocycles. The average Bonchev–Trinajstić information content (AvgIpc) is 3.07. The second kappa shape index (κ2) is 6.57. The van der Waals surface area contributed by atoms with Gasteiger partial charge in [-0.3, -0.25) is 9.69 Å². The van der Waals surface area contributed by atoms with Crippen LogP contribution in [0.1, 0.15) is 29.4 Å². The molecule has 0 amide bonds. The minimum atomic E-state index is 0.106. The first-order chi connectivity index (χ1) is 11.7. The zero-order valence-corrected chi connectivity index (χ0v) is 14.6. The first-order valence-corrected chi connectivity index (χ1v) is 9.36. The molecule has 3 aliphatic heterocycles. The van der Waals surface area contributed by atoms with Gasteiger partial charge in [0.05, 0.1) is 9.88 Å². The average molecular weight is 342 g/mol. The summed E-state index contributed by atoms with van der Waals surface area (Å²) in [5.41, 5.74) is 1.01. The number of ketones is 1. The van der Waals surface area contributed by atoms with E-state index in [1.807, 2.05) is 36.4 Å². The summed E-state index contributed by atoms with van der Waals surface area (Å²) in [6.45, 7) is 5.12. The van der Waals surface area contributed by atoms with E-state index in [9.17, 15) is 4.79 Å². The van der Waals surface area contributed by atoms with Crippen LogP contribution in [0, 0.1) is 5.92 Å². The fourth-order valence-electron chi connectivity index (χ4n) is 3.57. The van der Waals surface area contributed by atoms with Gasteiger partial charge in [-0.1, -0.05) is 0 Å². The number of thiophene rings is 1. The SMILES string of the molecule is CC(=O)c1ccc(Nc2ccc(OC3CN4CCC3CC4)cc2)s1. The van der Waals surface area contributed by atoms with Gasteiger partial charge in [0, 0.05) is 12.2 Å². The van der Waals surface area contributed by atoms with Gasteiger partial charge in [-0.2, -0.15) is 0 Å². The van der Waals surface area contributed by atoms with Crippen LogP contribution in [0.25, 0.3) is 0 Å². The van der Waals surface area contributed by atoms with Crippen LogP contribution in [-0.4, -0.2) is 36.4 Å². The van der Waals surface area contributed by atoms with Crippen molar-refractivity contribution in [2.45, 2.75) is 25.9 Å². The maximum Gasteiger partial charge on any atom is 0.169 e. The van der Waals surface area contributed by atoms with Gasteiger partial charge in [0.15, 0.2) is 5.78 Å². The minimum Gasteiger partial charge on any atom is -0.489 e. The maximum absolute atomic E-state index is 11.4. The smallest absolute Gasteiger partial charge is 0.169 e. The van der Waals surface area contributed by atoms with E-state index in [1.165, 1.54) is 37.3 Å². The van der Waals surface area contributed by atoms with Crippen molar-refractivity contribution in [3.8, 4) is 5.75 Å². The Hall–Kier alpha value is -1.85. The fraction of sp³-hybridized carbons (Fsp3) is 0.421. The summed E-state index contributed by atoms with van der Waals surface area (Å²) in [7, 11) is 0. The molecule has 3 saturated heterocycles. The number of nitrogens with zero attached hydrogens (tertiary/aromatic N) is 1. The van der Waals surface area contributed by atoms with Crippen LogP contribution in [-0.2, 0) is 0 Å². The Morgan fingerprint density at radius 3 is 2.50 bits per heavy atom. The molecule has 5 rings (SSSR count). The van der Waals surface area contributed by atoms with Crippen molar-refractivity contribution < 1.29 is 9.53 Å². The molecule has 126 valence electrons. The number of carbonyl (C=O) groups excluding carboxylic acids is 1. The molecule has 1 unspecified atom stereocenters. The van der Waals surface area contributed by atoms with Crippen molar-refractivity contribution in [3.05, 3.63) is 41.3 Å². The van der Waals surface area contributed by atoms with Crippen LogP contribution in [0.15, 0.2) is 36.4 Å². The monoisotopic (exact) mass is 342 g/mol. The van der Waals surface area contributed by atoms with E-state index in [0.717, 1.165) is 27.9 Å². The van der Waals surface area contributed by atoms with Crippen molar-refractivity contribution in [2.75, 3.05) is 25.0 Å². The van der Waals surface area contributed by atoms with E-state index >= 15 is 0 Å². The molecule has 4 nitrogen and oxygen atoms in total. The minimum absolute atomic E-state index is 0.106. The summed E-state index contributed by atoms with van der Waals surface area (Å²) >= 11 is 1.48. The van der Waals surface area contributed by atoms with E-state index < -0.39 is 0 Å². The van der Waals surface area contributed by atoms with Gasteiger partial charge in [0.2, 0.25) is 0 Å². The number of ether oxygens (including phenoxy) is 1. The first-order valence-electron chi connectivity index (χ1n) is 8.54. The number of rotatable bonds is 5. The Labute approximate surface area is 146 Å². The Morgan fingerprint density at radius 1 is 1.17 bits per heavy atom. The predicted molar refractivity (Wildman–Crippen MR) is 97.6 cm³/mol. The number of piperidine rings is 3. The number of carbonyl (C=O) groups is 1. The Bertz CT molecular complexity index is 717. The van der Waals surface area contributed by atoms with Crippen molar-refractivity contribution >= 4 is 27.8 Å². The van der Waals surface area contributed by atoms with Crippen LogP contribution in [0.3, 0.4) is 0 Å². The highest BCUT2D eigenvalue weighted by Crippen LogP contribution is 2.31. The molecule has 4 heterocycles. The Morgan fingerprint density at radius 2 is 1.92 bits per heavy atom. The van der Waals surface area contributed by atoms with Crippen molar-refractivity contribution in [3.63, 3.8) is 0 Å². The molecule has 3 fully saturated rings. The van der Waals surface area contributed by atoms with Crippen LogP contribution in [0.4, 0.5) is 10.7 Å². The standard InChI is InChI=1S/C19H22N2O2S/c1-13(22)18-6-7-19(24-18)20-15-2-4-16(5-3-15)23-17-12-21-10-8-14(17)9-11-21/h2-7,14,17,20H,8-12H2,1H3. The van der Waals surface area contributed by atoms with Crippen LogP contribution in [0.2, 0.25) is 0 Å². The summed E-state index contributed by atoms with van der Waals surface area (Å²) in [5.74, 6) is 1.76. The van der Waals surface area contributed by atoms with Crippen LogP contribution < -0.4 is 10.1 Å². The highest BCUT2D eigenvalue weighted by Gasteiger charge is 2.35. The molecule has 0 radical (unpaired) electrons. The molecule has 2 bridgehead atoms. The third-order valence-electron chi connectivity index (χ3n) is 4.96. The molecule has 1 N–H and O–H groups in total. The Kier molecular flexibility index (Phi) is 4.29. The molecule has 5 heteroatoms.